The number of allylic oxidation sites excluding steroid dienone is 1. The van der Waals surface area contributed by atoms with Crippen LogP contribution in [0, 0.1) is 5.92 Å². The number of phenols is 1. The van der Waals surface area contributed by atoms with E-state index in [2.05, 4.69) is 6.08 Å². The van der Waals surface area contributed by atoms with Crippen molar-refractivity contribution >= 4 is 33.8 Å². The van der Waals surface area contributed by atoms with Gasteiger partial charge in [-0.1, -0.05) is 55.8 Å². The third kappa shape index (κ3) is 4.31. The molecule has 0 radical (unpaired) electrons. The smallest absolute Gasteiger partial charge is 0.456 e. The van der Waals surface area contributed by atoms with Crippen molar-refractivity contribution in [2.45, 2.75) is 51.3 Å². The molecular formula is C24H29BO5S. The minimum Gasteiger partial charge on any atom is -0.507 e. The molecule has 2 heterocycles. The molecule has 0 aromatic heterocycles. The molecule has 2 atom stereocenters. The van der Waals surface area contributed by atoms with Crippen molar-refractivity contribution in [3.05, 3.63) is 58.7 Å². The summed E-state index contributed by atoms with van der Waals surface area (Å²) in [4.78, 5) is 0. The summed E-state index contributed by atoms with van der Waals surface area (Å²) in [7, 11) is -4.33. The molecule has 2 aliphatic heterocycles. The van der Waals surface area contributed by atoms with Gasteiger partial charge in [-0.05, 0) is 53.8 Å². The van der Waals surface area contributed by atoms with Crippen molar-refractivity contribution in [3.63, 3.8) is 0 Å². The normalized spacial score (nSPS) is 23.6. The predicted octanol–water partition coefficient (Wildman–Crippen LogP) is 4.36. The van der Waals surface area contributed by atoms with E-state index in [1.807, 2.05) is 51.1 Å². The van der Waals surface area contributed by atoms with Gasteiger partial charge in [0.1, 0.15) is 5.75 Å². The lowest BCUT2D eigenvalue weighted by molar-refractivity contribution is 0.169. The maximum absolute atomic E-state index is 12.7. The number of hydrogen-bond donors (Lipinski definition) is 2. The Morgan fingerprint density at radius 1 is 1.23 bits per heavy atom. The summed E-state index contributed by atoms with van der Waals surface area (Å²) in [6.45, 7) is 6.08. The van der Waals surface area contributed by atoms with Gasteiger partial charge < -0.3 is 14.8 Å². The zero-order valence-corrected chi connectivity index (χ0v) is 19.0. The maximum atomic E-state index is 12.7. The van der Waals surface area contributed by atoms with Crippen LogP contribution < -0.4 is 0 Å². The lowest BCUT2D eigenvalue weighted by atomic mass is 9.74. The molecule has 2 aliphatic rings. The first-order chi connectivity index (χ1) is 14.7. The molecule has 31 heavy (non-hydrogen) atoms. The van der Waals surface area contributed by atoms with E-state index in [1.165, 1.54) is 0 Å². The van der Waals surface area contributed by atoms with Crippen molar-refractivity contribution in [1.29, 1.82) is 0 Å². The second-order valence-corrected chi connectivity index (χ2v) is 11.2. The lowest BCUT2D eigenvalue weighted by Crippen LogP contribution is -2.42. The molecule has 2 N–H and O–H groups in total. The van der Waals surface area contributed by atoms with Crippen LogP contribution in [0.4, 0.5) is 0 Å². The third-order valence-corrected chi connectivity index (χ3v) is 8.45. The maximum Gasteiger partial charge on any atom is 0.456 e. The Bertz CT molecular complexity index is 1170. The first kappa shape index (κ1) is 22.1. The van der Waals surface area contributed by atoms with Crippen molar-refractivity contribution in [1.82, 2.24) is 0 Å². The fraction of sp³-hybridized carbons (Fsp3) is 0.417. The molecule has 0 spiro atoms. The predicted molar refractivity (Wildman–Crippen MR) is 126 cm³/mol. The number of sulfone groups is 1. The monoisotopic (exact) mass is 440 g/mol. The second-order valence-electron chi connectivity index (χ2n) is 9.00. The average Bonchev–Trinajstić information content (AvgIpc) is 3.00. The number of aromatic hydroxyl groups is 1. The molecule has 7 heteroatoms. The molecule has 0 aliphatic carbocycles. The van der Waals surface area contributed by atoms with Crippen molar-refractivity contribution in [2.24, 2.45) is 5.92 Å². The van der Waals surface area contributed by atoms with Crippen LogP contribution in [0.5, 0.6) is 5.75 Å². The minimum atomic E-state index is -3.28. The lowest BCUT2D eigenvalue weighted by Gasteiger charge is -2.32. The SMILES string of the molecule is C/C(=C\c1ccc(O)c2ccccc12)CC[C@H]1OB(O)C[C@H]2C1=C(C(C)C)CS2(=O)=O. The summed E-state index contributed by atoms with van der Waals surface area (Å²) >= 11 is 0. The van der Waals surface area contributed by atoms with Gasteiger partial charge in [-0.2, -0.15) is 0 Å². The zero-order chi connectivity index (χ0) is 22.3. The third-order valence-electron chi connectivity index (χ3n) is 6.43. The van der Waals surface area contributed by atoms with E-state index in [9.17, 15) is 18.5 Å². The van der Waals surface area contributed by atoms with E-state index in [0.29, 0.717) is 12.8 Å². The van der Waals surface area contributed by atoms with Gasteiger partial charge in [0.2, 0.25) is 0 Å². The van der Waals surface area contributed by atoms with Crippen molar-refractivity contribution in [3.8, 4) is 5.75 Å². The molecule has 4 rings (SSSR count). The zero-order valence-electron chi connectivity index (χ0n) is 18.2. The first-order valence-electron chi connectivity index (χ1n) is 10.8. The van der Waals surface area contributed by atoms with Crippen LogP contribution in [-0.4, -0.2) is 42.8 Å². The summed E-state index contributed by atoms with van der Waals surface area (Å²) in [6.07, 6.45) is 3.17. The fourth-order valence-electron chi connectivity index (χ4n) is 4.84. The number of rotatable bonds is 5. The summed E-state index contributed by atoms with van der Waals surface area (Å²) in [5.74, 6) is 0.471. The Hall–Kier alpha value is -2.09. The molecule has 0 amide bonds. The van der Waals surface area contributed by atoms with Crippen LogP contribution in [0.3, 0.4) is 0 Å². The van der Waals surface area contributed by atoms with Crippen LogP contribution in [0.1, 0.15) is 39.2 Å². The molecule has 2 aromatic carbocycles. The fourth-order valence-corrected chi connectivity index (χ4v) is 7.13. The molecule has 0 bridgehead atoms. The van der Waals surface area contributed by atoms with Gasteiger partial charge in [-0.3, -0.25) is 0 Å². The highest BCUT2D eigenvalue weighted by atomic mass is 32.2. The van der Waals surface area contributed by atoms with Crippen LogP contribution in [0.15, 0.2) is 53.1 Å². The Balaban J connectivity index is 1.58. The topological polar surface area (TPSA) is 83.8 Å². The van der Waals surface area contributed by atoms with Gasteiger partial charge in [0.05, 0.1) is 17.1 Å². The summed E-state index contributed by atoms with van der Waals surface area (Å²) in [5, 5.41) is 21.5. The van der Waals surface area contributed by atoms with Gasteiger partial charge in [-0.25, -0.2) is 8.42 Å². The minimum absolute atomic E-state index is 0.0750. The van der Waals surface area contributed by atoms with E-state index in [0.717, 1.165) is 33.1 Å². The van der Waals surface area contributed by atoms with Crippen molar-refractivity contribution < 1.29 is 23.2 Å². The highest BCUT2D eigenvalue weighted by Crippen LogP contribution is 2.41. The Morgan fingerprint density at radius 3 is 2.65 bits per heavy atom. The second kappa shape index (κ2) is 8.45. The molecular weight excluding hydrogens is 411 g/mol. The molecule has 5 nitrogen and oxygen atoms in total. The van der Waals surface area contributed by atoms with Crippen LogP contribution >= 0.6 is 0 Å². The number of hydrogen-bond acceptors (Lipinski definition) is 5. The quantitative estimate of drug-likeness (QED) is 0.533. The van der Waals surface area contributed by atoms with Gasteiger partial charge in [0.15, 0.2) is 9.84 Å². The molecule has 1 fully saturated rings. The largest absolute Gasteiger partial charge is 0.507 e. The van der Waals surface area contributed by atoms with Gasteiger partial charge in [0, 0.05) is 11.7 Å². The van der Waals surface area contributed by atoms with Gasteiger partial charge in [-0.15, -0.1) is 0 Å². The number of phenolic OH excluding ortho intramolecular Hbond substituents is 1. The molecule has 164 valence electrons. The molecule has 0 saturated carbocycles. The average molecular weight is 440 g/mol. The van der Waals surface area contributed by atoms with Gasteiger partial charge >= 0.3 is 7.12 Å². The Kier molecular flexibility index (Phi) is 6.03. The highest BCUT2D eigenvalue weighted by Gasteiger charge is 2.48. The molecule has 2 aromatic rings. The summed E-state index contributed by atoms with van der Waals surface area (Å²) in [5.41, 5.74) is 3.98. The van der Waals surface area contributed by atoms with E-state index < -0.39 is 22.2 Å². The highest BCUT2D eigenvalue weighted by molar-refractivity contribution is 7.92. The Labute approximate surface area is 184 Å². The van der Waals surface area contributed by atoms with E-state index in [4.69, 9.17) is 4.65 Å². The molecule has 1 saturated heterocycles. The standard InChI is InChI=1S/C24H29BO5S/c1-15(2)20-14-31(28,29)23-13-25(27)30-22(24(20)23)11-8-16(3)12-17-9-10-21(26)19-7-5-4-6-18(17)19/h4-7,9-10,12,15,22-23,26-27H,8,11,13-14H2,1-3H3/b16-12+/t22-,23+/m1/s1. The van der Waals surface area contributed by atoms with E-state index in [-0.39, 0.29) is 29.8 Å². The summed E-state index contributed by atoms with van der Waals surface area (Å²) < 4.78 is 31.2. The molecule has 0 unspecified atom stereocenters. The number of fused-ring (bicyclic) bond motifs is 2. The van der Waals surface area contributed by atoms with Crippen LogP contribution in [0.2, 0.25) is 6.32 Å². The van der Waals surface area contributed by atoms with E-state index >= 15 is 0 Å². The van der Waals surface area contributed by atoms with Crippen molar-refractivity contribution in [2.75, 3.05) is 5.75 Å². The summed E-state index contributed by atoms with van der Waals surface area (Å²) in [6, 6.07) is 11.3. The van der Waals surface area contributed by atoms with Crippen LogP contribution in [0.25, 0.3) is 16.8 Å². The van der Waals surface area contributed by atoms with Gasteiger partial charge in [0.25, 0.3) is 0 Å². The number of benzene rings is 2. The van der Waals surface area contributed by atoms with Crippen LogP contribution in [-0.2, 0) is 14.5 Å². The first-order valence-corrected chi connectivity index (χ1v) is 12.5. The van der Waals surface area contributed by atoms with E-state index in [1.54, 1.807) is 6.07 Å². The Morgan fingerprint density at radius 2 is 1.94 bits per heavy atom.